The van der Waals surface area contributed by atoms with Crippen molar-refractivity contribution in [3.05, 3.63) is 0 Å². The van der Waals surface area contributed by atoms with Gasteiger partial charge < -0.3 is 10.1 Å². The summed E-state index contributed by atoms with van der Waals surface area (Å²) in [6.45, 7) is 4.64. The molecule has 0 radical (unpaired) electrons. The van der Waals surface area contributed by atoms with E-state index in [-0.39, 0.29) is 11.8 Å². The van der Waals surface area contributed by atoms with Gasteiger partial charge in [0, 0.05) is 14.0 Å². The van der Waals surface area contributed by atoms with Crippen LogP contribution in [0.2, 0.25) is 0 Å². The normalized spacial score (nSPS) is 10.5. The van der Waals surface area contributed by atoms with E-state index < -0.39 is 5.60 Å². The van der Waals surface area contributed by atoms with Crippen LogP contribution in [0.25, 0.3) is 0 Å². The predicted molar refractivity (Wildman–Crippen MR) is 42.6 cm³/mol. The Morgan fingerprint density at radius 1 is 1.55 bits per heavy atom. The van der Waals surface area contributed by atoms with E-state index in [0.717, 1.165) is 0 Å². The summed E-state index contributed by atoms with van der Waals surface area (Å²) in [5.74, 6) is -0.192. The zero-order valence-electron chi connectivity index (χ0n) is 7.32. The monoisotopic (exact) mass is 158 g/mol. The van der Waals surface area contributed by atoms with Gasteiger partial charge in [0.05, 0.1) is 0 Å². The average molecular weight is 158 g/mol. The zero-order chi connectivity index (χ0) is 9.07. The quantitative estimate of drug-likeness (QED) is 0.350. The number of amidine groups is 1. The van der Waals surface area contributed by atoms with Crippen molar-refractivity contribution in [2.75, 3.05) is 7.05 Å². The number of likely N-dealkylation sites (N-methyl/N-ethyl adjacent to an activating group) is 1. The lowest BCUT2D eigenvalue weighted by atomic mass is 10.1. The van der Waals surface area contributed by atoms with Crippen LogP contribution in [-0.2, 0) is 9.53 Å². The number of ether oxygens (including phenoxy) is 1. The Hall–Kier alpha value is -1.06. The summed E-state index contributed by atoms with van der Waals surface area (Å²) in [4.78, 5) is 10.5. The van der Waals surface area contributed by atoms with Crippen molar-refractivity contribution in [3.8, 4) is 0 Å². The van der Waals surface area contributed by atoms with E-state index in [9.17, 15) is 4.79 Å². The van der Waals surface area contributed by atoms with Crippen LogP contribution in [0, 0.1) is 5.41 Å². The summed E-state index contributed by atoms with van der Waals surface area (Å²) in [6.07, 6.45) is 0. The minimum Gasteiger partial charge on any atom is -0.452 e. The van der Waals surface area contributed by atoms with Crippen LogP contribution in [0.3, 0.4) is 0 Å². The second-order valence-corrected chi connectivity index (χ2v) is 2.73. The average Bonchev–Trinajstić information content (AvgIpc) is 1.83. The Kier molecular flexibility index (Phi) is 3.04. The van der Waals surface area contributed by atoms with Gasteiger partial charge in [-0.1, -0.05) is 0 Å². The number of carbonyl (C=O) groups is 1. The van der Waals surface area contributed by atoms with Gasteiger partial charge in [-0.3, -0.25) is 10.2 Å². The minimum atomic E-state index is -0.847. The van der Waals surface area contributed by atoms with E-state index in [1.807, 2.05) is 0 Å². The maximum Gasteiger partial charge on any atom is 0.303 e. The molecule has 11 heavy (non-hydrogen) atoms. The maximum absolute atomic E-state index is 10.5. The molecular formula is C7H14N2O2. The molecule has 4 nitrogen and oxygen atoms in total. The highest BCUT2D eigenvalue weighted by molar-refractivity contribution is 5.88. The van der Waals surface area contributed by atoms with Crippen LogP contribution in [0.15, 0.2) is 0 Å². The molecule has 0 aliphatic carbocycles. The number of esters is 1. The Morgan fingerprint density at radius 3 is 2.27 bits per heavy atom. The largest absolute Gasteiger partial charge is 0.452 e. The van der Waals surface area contributed by atoms with Gasteiger partial charge in [-0.05, 0) is 13.8 Å². The first-order chi connectivity index (χ1) is 4.90. The summed E-state index contributed by atoms with van der Waals surface area (Å²) in [7, 11) is 1.62. The van der Waals surface area contributed by atoms with Crippen molar-refractivity contribution in [2.45, 2.75) is 26.4 Å². The van der Waals surface area contributed by atoms with Gasteiger partial charge in [-0.2, -0.15) is 0 Å². The first-order valence-electron chi connectivity index (χ1n) is 3.36. The van der Waals surface area contributed by atoms with E-state index in [4.69, 9.17) is 10.1 Å². The van der Waals surface area contributed by atoms with Gasteiger partial charge in [0.25, 0.3) is 0 Å². The molecule has 64 valence electrons. The Labute approximate surface area is 66.4 Å². The molecule has 0 saturated carbocycles. The third kappa shape index (κ3) is 3.02. The molecule has 0 saturated heterocycles. The molecule has 0 bridgehead atoms. The number of nitrogens with one attached hydrogen (secondary N) is 2. The summed E-state index contributed by atoms with van der Waals surface area (Å²) in [5, 5.41) is 9.96. The molecule has 0 spiro atoms. The highest BCUT2D eigenvalue weighted by Gasteiger charge is 2.25. The molecule has 0 heterocycles. The van der Waals surface area contributed by atoms with Crippen LogP contribution in [-0.4, -0.2) is 24.5 Å². The van der Waals surface area contributed by atoms with Crippen LogP contribution >= 0.6 is 0 Å². The van der Waals surface area contributed by atoms with E-state index in [1.54, 1.807) is 20.9 Å². The van der Waals surface area contributed by atoms with Crippen molar-refractivity contribution < 1.29 is 9.53 Å². The molecule has 0 fully saturated rings. The number of hydrogen-bond acceptors (Lipinski definition) is 3. The smallest absolute Gasteiger partial charge is 0.303 e. The lowest BCUT2D eigenvalue weighted by Gasteiger charge is -2.24. The van der Waals surface area contributed by atoms with Gasteiger partial charge in [-0.25, -0.2) is 0 Å². The minimum absolute atomic E-state index is 0.188. The second kappa shape index (κ2) is 3.37. The molecule has 0 aliphatic heterocycles. The van der Waals surface area contributed by atoms with Crippen LogP contribution in [0.1, 0.15) is 20.8 Å². The summed E-state index contributed by atoms with van der Waals surface area (Å²) >= 11 is 0. The lowest BCUT2D eigenvalue weighted by Crippen LogP contribution is -2.43. The second-order valence-electron chi connectivity index (χ2n) is 2.73. The fraction of sp³-hybridized carbons (Fsp3) is 0.714. The van der Waals surface area contributed by atoms with Gasteiger partial charge >= 0.3 is 5.97 Å². The number of hydrogen-bond donors (Lipinski definition) is 2. The molecule has 4 heteroatoms. The fourth-order valence-corrected chi connectivity index (χ4v) is 0.711. The summed E-state index contributed by atoms with van der Waals surface area (Å²) in [5.41, 5.74) is -0.847. The lowest BCUT2D eigenvalue weighted by molar-refractivity contribution is -0.148. The molecule has 0 aliphatic rings. The fourth-order valence-electron chi connectivity index (χ4n) is 0.711. The first kappa shape index (κ1) is 9.94. The Balaban J connectivity index is 4.21. The van der Waals surface area contributed by atoms with Crippen molar-refractivity contribution in [1.29, 1.82) is 5.41 Å². The van der Waals surface area contributed by atoms with Crippen LogP contribution in [0.4, 0.5) is 0 Å². The Morgan fingerprint density at radius 2 is 2.00 bits per heavy atom. The predicted octanol–water partition coefficient (Wildman–Crippen LogP) is 0.525. The van der Waals surface area contributed by atoms with Gasteiger partial charge in [0.2, 0.25) is 0 Å². The highest BCUT2D eigenvalue weighted by atomic mass is 16.6. The maximum atomic E-state index is 10.5. The van der Waals surface area contributed by atoms with Crippen molar-refractivity contribution in [1.82, 2.24) is 5.32 Å². The molecule has 2 N–H and O–H groups in total. The molecule has 0 atom stereocenters. The van der Waals surface area contributed by atoms with Crippen molar-refractivity contribution in [2.24, 2.45) is 0 Å². The number of rotatable bonds is 2. The van der Waals surface area contributed by atoms with Crippen LogP contribution < -0.4 is 5.32 Å². The van der Waals surface area contributed by atoms with Crippen molar-refractivity contribution >= 4 is 11.8 Å². The van der Waals surface area contributed by atoms with Crippen LogP contribution in [0.5, 0.6) is 0 Å². The molecule has 0 aromatic rings. The molecule has 0 aromatic heterocycles. The third-order valence-corrected chi connectivity index (χ3v) is 1.25. The molecule has 0 aromatic carbocycles. The Bertz CT molecular complexity index is 175. The van der Waals surface area contributed by atoms with E-state index in [2.05, 4.69) is 5.32 Å². The first-order valence-corrected chi connectivity index (χ1v) is 3.36. The van der Waals surface area contributed by atoms with E-state index in [0.29, 0.717) is 0 Å². The van der Waals surface area contributed by atoms with Gasteiger partial charge in [0.15, 0.2) is 5.60 Å². The highest BCUT2D eigenvalue weighted by Crippen LogP contribution is 2.08. The molecule has 0 amide bonds. The molecule has 0 unspecified atom stereocenters. The van der Waals surface area contributed by atoms with E-state index in [1.165, 1.54) is 6.92 Å². The number of carbonyl (C=O) groups excluding carboxylic acids is 1. The SMILES string of the molecule is CNC(=N)C(C)(C)OC(C)=O. The summed E-state index contributed by atoms with van der Waals surface area (Å²) < 4.78 is 4.86. The third-order valence-electron chi connectivity index (χ3n) is 1.25. The molecular weight excluding hydrogens is 144 g/mol. The van der Waals surface area contributed by atoms with Gasteiger partial charge in [-0.15, -0.1) is 0 Å². The van der Waals surface area contributed by atoms with E-state index >= 15 is 0 Å². The van der Waals surface area contributed by atoms with Gasteiger partial charge in [0.1, 0.15) is 5.84 Å². The summed E-state index contributed by atoms with van der Waals surface area (Å²) in [6, 6.07) is 0. The zero-order valence-corrected chi connectivity index (χ0v) is 7.32. The van der Waals surface area contributed by atoms with Crippen molar-refractivity contribution in [3.63, 3.8) is 0 Å². The topological polar surface area (TPSA) is 62.2 Å². The molecule has 0 rings (SSSR count). The standard InChI is InChI=1S/C7H14N2O2/c1-5(10)11-7(2,3)6(8)9-4/h1-4H3,(H2,8,9).